The van der Waals surface area contributed by atoms with Gasteiger partial charge >= 0.3 is 0 Å². The van der Waals surface area contributed by atoms with E-state index in [4.69, 9.17) is 18.0 Å². The van der Waals surface area contributed by atoms with Gasteiger partial charge in [-0.2, -0.15) is 5.10 Å². The Balaban J connectivity index is 2.19. The number of aryl methyl sites for hydroxylation is 2. The van der Waals surface area contributed by atoms with Crippen LogP contribution in [0.25, 0.3) is 0 Å². The molecule has 2 heterocycles. The molecule has 0 unspecified atom stereocenters. The molecular formula is C12H15N5S. The SMILES string of the molecule is Cc1ccnc(NCc2cnn(C)c2)c1C(N)=S. The van der Waals surface area contributed by atoms with Crippen LogP contribution < -0.4 is 11.1 Å². The number of hydrogen-bond donors (Lipinski definition) is 2. The Bertz CT molecular complexity index is 576. The van der Waals surface area contributed by atoms with Gasteiger partial charge in [-0.25, -0.2) is 4.98 Å². The second kappa shape index (κ2) is 5.14. The summed E-state index contributed by atoms with van der Waals surface area (Å²) in [6.07, 6.45) is 5.50. The van der Waals surface area contributed by atoms with E-state index in [1.807, 2.05) is 32.4 Å². The van der Waals surface area contributed by atoms with Crippen LogP contribution in [0.2, 0.25) is 0 Å². The minimum Gasteiger partial charge on any atom is -0.389 e. The van der Waals surface area contributed by atoms with Gasteiger partial charge in [0.15, 0.2) is 0 Å². The molecule has 0 bridgehead atoms. The molecule has 0 aliphatic rings. The normalized spacial score (nSPS) is 10.3. The molecule has 0 aliphatic heterocycles. The molecule has 94 valence electrons. The van der Waals surface area contributed by atoms with Crippen LogP contribution in [0.1, 0.15) is 16.7 Å². The maximum absolute atomic E-state index is 5.72. The van der Waals surface area contributed by atoms with E-state index in [0.717, 1.165) is 16.7 Å². The lowest BCUT2D eigenvalue weighted by atomic mass is 10.1. The monoisotopic (exact) mass is 261 g/mol. The summed E-state index contributed by atoms with van der Waals surface area (Å²) >= 11 is 5.05. The van der Waals surface area contributed by atoms with E-state index in [-0.39, 0.29) is 0 Å². The number of nitrogens with two attached hydrogens (primary N) is 1. The maximum Gasteiger partial charge on any atom is 0.136 e. The molecule has 0 amide bonds. The minimum absolute atomic E-state index is 0.356. The third-order valence-corrected chi connectivity index (χ3v) is 2.83. The molecule has 0 saturated carbocycles. The molecule has 0 fully saturated rings. The second-order valence-electron chi connectivity index (χ2n) is 4.09. The predicted octanol–water partition coefficient (Wildman–Crippen LogP) is 1.37. The van der Waals surface area contributed by atoms with Gasteiger partial charge in [0.05, 0.1) is 11.8 Å². The van der Waals surface area contributed by atoms with Crippen molar-refractivity contribution in [1.82, 2.24) is 14.8 Å². The van der Waals surface area contributed by atoms with Gasteiger partial charge in [0.1, 0.15) is 10.8 Å². The van der Waals surface area contributed by atoms with Crippen LogP contribution in [0.3, 0.4) is 0 Å². The first-order valence-electron chi connectivity index (χ1n) is 5.54. The summed E-state index contributed by atoms with van der Waals surface area (Å²) in [6, 6.07) is 1.89. The zero-order valence-electron chi connectivity index (χ0n) is 10.3. The summed E-state index contributed by atoms with van der Waals surface area (Å²) in [5.41, 5.74) is 8.62. The average Bonchev–Trinajstić information content (AvgIpc) is 2.72. The van der Waals surface area contributed by atoms with E-state index in [0.29, 0.717) is 17.4 Å². The Morgan fingerprint density at radius 2 is 2.33 bits per heavy atom. The topological polar surface area (TPSA) is 68.8 Å². The number of anilines is 1. The highest BCUT2D eigenvalue weighted by Gasteiger charge is 2.09. The van der Waals surface area contributed by atoms with E-state index in [9.17, 15) is 0 Å². The first kappa shape index (κ1) is 12.5. The molecular weight excluding hydrogens is 246 g/mol. The number of nitrogens with zero attached hydrogens (tertiary/aromatic N) is 3. The highest BCUT2D eigenvalue weighted by atomic mass is 32.1. The smallest absolute Gasteiger partial charge is 0.136 e. The number of nitrogens with one attached hydrogen (secondary N) is 1. The summed E-state index contributed by atoms with van der Waals surface area (Å²) in [5.74, 6) is 0.714. The molecule has 6 heteroatoms. The van der Waals surface area contributed by atoms with Crippen LogP contribution in [0, 0.1) is 6.92 Å². The molecule has 2 aromatic rings. The first-order valence-corrected chi connectivity index (χ1v) is 5.95. The van der Waals surface area contributed by atoms with E-state index < -0.39 is 0 Å². The van der Waals surface area contributed by atoms with Gasteiger partial charge in [-0.1, -0.05) is 12.2 Å². The number of hydrogen-bond acceptors (Lipinski definition) is 4. The van der Waals surface area contributed by atoms with Crippen molar-refractivity contribution < 1.29 is 0 Å². The molecule has 0 spiro atoms. The molecule has 0 aliphatic carbocycles. The Hall–Kier alpha value is -1.95. The Kier molecular flexibility index (Phi) is 3.57. The number of rotatable bonds is 4. The van der Waals surface area contributed by atoms with Gasteiger partial charge in [-0.3, -0.25) is 4.68 Å². The summed E-state index contributed by atoms with van der Waals surface area (Å²) in [4.78, 5) is 4.63. The largest absolute Gasteiger partial charge is 0.389 e. The molecule has 2 aromatic heterocycles. The Morgan fingerprint density at radius 3 is 2.94 bits per heavy atom. The zero-order valence-corrected chi connectivity index (χ0v) is 11.2. The maximum atomic E-state index is 5.72. The van der Waals surface area contributed by atoms with Crippen LogP contribution in [0.15, 0.2) is 24.7 Å². The van der Waals surface area contributed by atoms with Crippen LogP contribution in [-0.4, -0.2) is 19.8 Å². The van der Waals surface area contributed by atoms with E-state index >= 15 is 0 Å². The highest BCUT2D eigenvalue weighted by Crippen LogP contribution is 2.17. The lowest BCUT2D eigenvalue weighted by molar-refractivity contribution is 0.767. The summed E-state index contributed by atoms with van der Waals surface area (Å²) in [6.45, 7) is 2.60. The fraction of sp³-hybridized carbons (Fsp3) is 0.250. The third kappa shape index (κ3) is 2.65. The third-order valence-electron chi connectivity index (χ3n) is 2.62. The Labute approximate surface area is 111 Å². The van der Waals surface area contributed by atoms with Crippen molar-refractivity contribution in [2.24, 2.45) is 12.8 Å². The first-order chi connectivity index (χ1) is 8.58. The lowest BCUT2D eigenvalue weighted by Gasteiger charge is -2.11. The zero-order chi connectivity index (χ0) is 13.1. The highest BCUT2D eigenvalue weighted by molar-refractivity contribution is 7.80. The van der Waals surface area contributed by atoms with Crippen molar-refractivity contribution in [3.05, 3.63) is 41.3 Å². The van der Waals surface area contributed by atoms with Gasteiger partial charge in [0.2, 0.25) is 0 Å². The predicted molar refractivity (Wildman–Crippen MR) is 75.4 cm³/mol. The van der Waals surface area contributed by atoms with Gasteiger partial charge in [0, 0.05) is 31.5 Å². The molecule has 0 radical (unpaired) electrons. The molecule has 0 atom stereocenters. The molecule has 0 saturated heterocycles. The van der Waals surface area contributed by atoms with Crippen molar-refractivity contribution in [3.63, 3.8) is 0 Å². The fourth-order valence-electron chi connectivity index (χ4n) is 1.75. The van der Waals surface area contributed by atoms with Gasteiger partial charge < -0.3 is 11.1 Å². The standard InChI is InChI=1S/C12H15N5S/c1-8-3-4-14-12(10(8)11(13)18)15-5-9-6-16-17(2)7-9/h3-4,6-7H,5H2,1-2H3,(H2,13,18)(H,14,15). The lowest BCUT2D eigenvalue weighted by Crippen LogP contribution is -2.16. The van der Waals surface area contributed by atoms with Gasteiger partial charge in [-0.05, 0) is 18.6 Å². The van der Waals surface area contributed by atoms with Crippen molar-refractivity contribution in [2.45, 2.75) is 13.5 Å². The van der Waals surface area contributed by atoms with E-state index in [2.05, 4.69) is 15.4 Å². The summed E-state index contributed by atoms with van der Waals surface area (Å²) < 4.78 is 1.76. The number of aromatic nitrogens is 3. The van der Waals surface area contributed by atoms with Crippen LogP contribution in [0.4, 0.5) is 5.82 Å². The molecule has 5 nitrogen and oxygen atoms in total. The Morgan fingerprint density at radius 1 is 1.56 bits per heavy atom. The molecule has 3 N–H and O–H groups in total. The number of thiocarbonyl (C=S) groups is 1. The average molecular weight is 261 g/mol. The minimum atomic E-state index is 0.356. The summed E-state index contributed by atoms with van der Waals surface area (Å²) in [7, 11) is 1.88. The molecule has 18 heavy (non-hydrogen) atoms. The number of pyridine rings is 1. The van der Waals surface area contributed by atoms with E-state index in [1.165, 1.54) is 0 Å². The van der Waals surface area contributed by atoms with Crippen LogP contribution in [0.5, 0.6) is 0 Å². The molecule has 2 rings (SSSR count). The van der Waals surface area contributed by atoms with Crippen molar-refractivity contribution in [3.8, 4) is 0 Å². The fourth-order valence-corrected chi connectivity index (χ4v) is 2.01. The van der Waals surface area contributed by atoms with Crippen molar-refractivity contribution in [2.75, 3.05) is 5.32 Å². The van der Waals surface area contributed by atoms with Gasteiger partial charge in [0.25, 0.3) is 0 Å². The van der Waals surface area contributed by atoms with Crippen LogP contribution >= 0.6 is 12.2 Å². The quantitative estimate of drug-likeness (QED) is 0.814. The molecule has 0 aromatic carbocycles. The van der Waals surface area contributed by atoms with Crippen molar-refractivity contribution >= 4 is 23.0 Å². The summed E-state index contributed by atoms with van der Waals surface area (Å²) in [5, 5.41) is 7.34. The van der Waals surface area contributed by atoms with Crippen molar-refractivity contribution in [1.29, 1.82) is 0 Å². The van der Waals surface area contributed by atoms with Crippen LogP contribution in [-0.2, 0) is 13.6 Å². The second-order valence-corrected chi connectivity index (χ2v) is 4.53. The van der Waals surface area contributed by atoms with Gasteiger partial charge in [-0.15, -0.1) is 0 Å². The van der Waals surface area contributed by atoms with E-state index in [1.54, 1.807) is 10.9 Å².